The summed E-state index contributed by atoms with van der Waals surface area (Å²) >= 11 is 0. The summed E-state index contributed by atoms with van der Waals surface area (Å²) in [5.41, 5.74) is 4.11. The lowest BCUT2D eigenvalue weighted by molar-refractivity contribution is -0.156. The van der Waals surface area contributed by atoms with Crippen molar-refractivity contribution in [2.45, 2.75) is 44.9 Å². The van der Waals surface area contributed by atoms with Gasteiger partial charge in [0.1, 0.15) is 5.75 Å². The minimum atomic E-state index is -0.319. The van der Waals surface area contributed by atoms with Crippen LogP contribution in [0.3, 0.4) is 0 Å². The highest BCUT2D eigenvalue weighted by Gasteiger charge is 2.29. The Morgan fingerprint density at radius 3 is 2.67 bits per heavy atom. The van der Waals surface area contributed by atoms with Crippen molar-refractivity contribution in [3.63, 3.8) is 0 Å². The van der Waals surface area contributed by atoms with Gasteiger partial charge in [-0.05, 0) is 44.2 Å². The standard InChI is InChI=1S/C16H26N2O3/c1-3-19-16(20-4-2)14(18-17)11-12-9-10-21-15-8-6-5-7-13(12)15/h5-8,12,14,16,18H,3-4,9-11,17H2,1-2H3. The highest BCUT2D eigenvalue weighted by atomic mass is 16.7. The molecule has 1 heterocycles. The number of para-hydroxylation sites is 1. The molecular weight excluding hydrogens is 268 g/mol. The highest BCUT2D eigenvalue weighted by Crippen LogP contribution is 2.36. The van der Waals surface area contributed by atoms with E-state index in [4.69, 9.17) is 20.1 Å². The fourth-order valence-electron chi connectivity index (χ4n) is 2.83. The summed E-state index contributed by atoms with van der Waals surface area (Å²) in [5.74, 6) is 7.11. The zero-order valence-electron chi connectivity index (χ0n) is 12.9. The maximum absolute atomic E-state index is 5.73. The average Bonchev–Trinajstić information content (AvgIpc) is 2.52. The molecule has 3 N–H and O–H groups in total. The third kappa shape index (κ3) is 4.17. The predicted octanol–water partition coefficient (Wildman–Crippen LogP) is 2.17. The smallest absolute Gasteiger partial charge is 0.174 e. The van der Waals surface area contributed by atoms with Gasteiger partial charge in [-0.1, -0.05) is 18.2 Å². The van der Waals surface area contributed by atoms with E-state index in [1.165, 1.54) is 5.56 Å². The van der Waals surface area contributed by atoms with Crippen molar-refractivity contribution in [1.29, 1.82) is 0 Å². The van der Waals surface area contributed by atoms with Gasteiger partial charge in [-0.3, -0.25) is 11.3 Å². The van der Waals surface area contributed by atoms with Crippen molar-refractivity contribution in [3.8, 4) is 5.75 Å². The van der Waals surface area contributed by atoms with Gasteiger partial charge in [-0.25, -0.2) is 0 Å². The predicted molar refractivity (Wildman–Crippen MR) is 82.1 cm³/mol. The number of nitrogens with one attached hydrogen (secondary N) is 1. The number of benzene rings is 1. The second-order valence-electron chi connectivity index (χ2n) is 5.16. The number of nitrogens with two attached hydrogens (primary N) is 1. The maximum Gasteiger partial charge on any atom is 0.174 e. The zero-order chi connectivity index (χ0) is 15.1. The van der Waals surface area contributed by atoms with E-state index in [2.05, 4.69) is 11.5 Å². The third-order valence-corrected chi connectivity index (χ3v) is 3.83. The Hall–Kier alpha value is -1.14. The summed E-state index contributed by atoms with van der Waals surface area (Å²) in [5, 5.41) is 0. The van der Waals surface area contributed by atoms with Crippen LogP contribution < -0.4 is 16.0 Å². The van der Waals surface area contributed by atoms with E-state index in [0.29, 0.717) is 19.1 Å². The van der Waals surface area contributed by atoms with E-state index in [1.807, 2.05) is 32.0 Å². The molecule has 0 aliphatic carbocycles. The number of hydrogen-bond acceptors (Lipinski definition) is 5. The van der Waals surface area contributed by atoms with E-state index in [-0.39, 0.29) is 12.3 Å². The first-order valence-corrected chi connectivity index (χ1v) is 7.71. The lowest BCUT2D eigenvalue weighted by Crippen LogP contribution is -2.47. The molecule has 0 saturated carbocycles. The Morgan fingerprint density at radius 2 is 2.00 bits per heavy atom. The minimum absolute atomic E-state index is 0.0407. The third-order valence-electron chi connectivity index (χ3n) is 3.83. The molecule has 118 valence electrons. The fraction of sp³-hybridized carbons (Fsp3) is 0.625. The van der Waals surface area contributed by atoms with E-state index in [0.717, 1.165) is 25.2 Å². The molecule has 1 aliphatic heterocycles. The number of rotatable bonds is 8. The molecule has 0 saturated heterocycles. The molecule has 0 amide bonds. The lowest BCUT2D eigenvalue weighted by Gasteiger charge is -2.32. The molecule has 5 nitrogen and oxygen atoms in total. The summed E-state index contributed by atoms with van der Waals surface area (Å²) in [6.07, 6.45) is 1.53. The molecule has 1 aromatic rings. The van der Waals surface area contributed by atoms with Gasteiger partial charge in [0.25, 0.3) is 0 Å². The van der Waals surface area contributed by atoms with Crippen LogP contribution in [-0.2, 0) is 9.47 Å². The lowest BCUT2D eigenvalue weighted by atomic mass is 9.87. The molecule has 2 atom stereocenters. The molecule has 2 rings (SSSR count). The number of ether oxygens (including phenoxy) is 3. The molecule has 21 heavy (non-hydrogen) atoms. The van der Waals surface area contributed by atoms with Crippen molar-refractivity contribution in [1.82, 2.24) is 5.43 Å². The van der Waals surface area contributed by atoms with E-state index >= 15 is 0 Å². The molecule has 0 spiro atoms. The van der Waals surface area contributed by atoms with Gasteiger partial charge < -0.3 is 14.2 Å². The Kier molecular flexibility index (Phi) is 6.45. The van der Waals surface area contributed by atoms with E-state index in [9.17, 15) is 0 Å². The molecule has 0 fully saturated rings. The minimum Gasteiger partial charge on any atom is -0.493 e. The van der Waals surface area contributed by atoms with Crippen molar-refractivity contribution in [2.75, 3.05) is 19.8 Å². The Morgan fingerprint density at radius 1 is 1.29 bits per heavy atom. The van der Waals surface area contributed by atoms with Crippen molar-refractivity contribution < 1.29 is 14.2 Å². The molecule has 0 bridgehead atoms. The quantitative estimate of drug-likeness (QED) is 0.437. The van der Waals surface area contributed by atoms with Crippen molar-refractivity contribution in [3.05, 3.63) is 29.8 Å². The Bertz CT molecular complexity index is 422. The van der Waals surface area contributed by atoms with E-state index in [1.54, 1.807) is 0 Å². The van der Waals surface area contributed by atoms with Crippen molar-refractivity contribution in [2.24, 2.45) is 5.84 Å². The highest BCUT2D eigenvalue weighted by molar-refractivity contribution is 5.37. The Labute approximate surface area is 126 Å². The van der Waals surface area contributed by atoms with Crippen LogP contribution >= 0.6 is 0 Å². The first-order chi connectivity index (χ1) is 10.3. The monoisotopic (exact) mass is 294 g/mol. The molecule has 0 radical (unpaired) electrons. The topological polar surface area (TPSA) is 65.7 Å². The summed E-state index contributed by atoms with van der Waals surface area (Å²) in [7, 11) is 0. The second kappa shape index (κ2) is 8.34. The van der Waals surface area contributed by atoms with Gasteiger partial charge in [-0.2, -0.15) is 0 Å². The summed E-state index contributed by atoms with van der Waals surface area (Å²) in [4.78, 5) is 0. The van der Waals surface area contributed by atoms with E-state index < -0.39 is 0 Å². The van der Waals surface area contributed by atoms with Crippen LogP contribution in [0.4, 0.5) is 0 Å². The molecule has 2 unspecified atom stereocenters. The number of hydrazine groups is 1. The van der Waals surface area contributed by atoms with Gasteiger partial charge in [0.05, 0.1) is 12.6 Å². The average molecular weight is 294 g/mol. The van der Waals surface area contributed by atoms with Crippen molar-refractivity contribution >= 4 is 0 Å². The fourth-order valence-corrected chi connectivity index (χ4v) is 2.83. The van der Waals surface area contributed by atoms with Gasteiger partial charge in [0, 0.05) is 13.2 Å². The summed E-state index contributed by atoms with van der Waals surface area (Å²) < 4.78 is 17.0. The van der Waals surface area contributed by atoms with Crippen LogP contribution in [0.1, 0.15) is 38.2 Å². The molecule has 5 heteroatoms. The zero-order valence-corrected chi connectivity index (χ0v) is 12.9. The van der Waals surface area contributed by atoms with Crippen LogP contribution in [0, 0.1) is 0 Å². The summed E-state index contributed by atoms with van der Waals surface area (Å²) in [6, 6.07) is 8.16. The van der Waals surface area contributed by atoms with Crippen LogP contribution in [0.15, 0.2) is 24.3 Å². The summed E-state index contributed by atoms with van der Waals surface area (Å²) in [6.45, 7) is 5.88. The maximum atomic E-state index is 5.73. The Balaban J connectivity index is 2.08. The van der Waals surface area contributed by atoms with Crippen LogP contribution in [0.2, 0.25) is 0 Å². The SMILES string of the molecule is CCOC(OCC)C(CC1CCOc2ccccc21)NN. The number of hydrogen-bond donors (Lipinski definition) is 2. The molecule has 1 aromatic carbocycles. The first-order valence-electron chi connectivity index (χ1n) is 7.71. The molecular formula is C16H26N2O3. The second-order valence-corrected chi connectivity index (χ2v) is 5.16. The number of fused-ring (bicyclic) bond motifs is 1. The van der Waals surface area contributed by atoms with Crippen LogP contribution in [0.5, 0.6) is 5.75 Å². The van der Waals surface area contributed by atoms with Gasteiger partial charge in [0.15, 0.2) is 6.29 Å². The first kappa shape index (κ1) is 16.2. The molecule has 1 aliphatic rings. The van der Waals surface area contributed by atoms with Gasteiger partial charge >= 0.3 is 0 Å². The van der Waals surface area contributed by atoms with Crippen LogP contribution in [0.25, 0.3) is 0 Å². The normalized spacial score (nSPS) is 19.1. The van der Waals surface area contributed by atoms with Gasteiger partial charge in [0.2, 0.25) is 0 Å². The largest absolute Gasteiger partial charge is 0.493 e. The molecule has 0 aromatic heterocycles. The van der Waals surface area contributed by atoms with Crippen LogP contribution in [-0.4, -0.2) is 32.2 Å². The van der Waals surface area contributed by atoms with Gasteiger partial charge in [-0.15, -0.1) is 0 Å².